The van der Waals surface area contributed by atoms with Gasteiger partial charge in [-0.15, -0.1) is 0 Å². The maximum Gasteiger partial charge on any atom is 0.000779 e. The first-order valence-electron chi connectivity index (χ1n) is 6.77. The van der Waals surface area contributed by atoms with Crippen LogP contribution in [0.2, 0.25) is 0 Å². The van der Waals surface area contributed by atoms with Gasteiger partial charge in [-0.05, 0) is 56.7 Å². The molecule has 0 saturated heterocycles. The monoisotopic (exact) mass is 233 g/mol. The van der Waals surface area contributed by atoms with E-state index in [0.29, 0.717) is 5.41 Å². The van der Waals surface area contributed by atoms with Crippen molar-refractivity contribution in [1.29, 1.82) is 0 Å². The van der Waals surface area contributed by atoms with Crippen molar-refractivity contribution in [2.75, 3.05) is 13.6 Å². The first-order valence-corrected chi connectivity index (χ1v) is 6.77. The smallest absolute Gasteiger partial charge is 0.000779 e. The zero-order chi connectivity index (χ0) is 12.9. The molecule has 1 rings (SSSR count). The molecule has 0 aliphatic carbocycles. The maximum absolute atomic E-state index is 3.36. The summed E-state index contributed by atoms with van der Waals surface area (Å²) in [6.07, 6.45) is 3.66. The molecule has 1 aromatic rings. The third-order valence-corrected chi connectivity index (χ3v) is 4.12. The molecule has 1 nitrogen and oxygen atoms in total. The van der Waals surface area contributed by atoms with Crippen molar-refractivity contribution in [3.63, 3.8) is 0 Å². The molecule has 1 heteroatoms. The fourth-order valence-corrected chi connectivity index (χ4v) is 2.58. The second-order valence-electron chi connectivity index (χ2n) is 5.34. The van der Waals surface area contributed by atoms with Crippen molar-refractivity contribution in [2.24, 2.45) is 5.41 Å². The zero-order valence-corrected chi connectivity index (χ0v) is 12.1. The summed E-state index contributed by atoms with van der Waals surface area (Å²) in [5.41, 5.74) is 4.73. The summed E-state index contributed by atoms with van der Waals surface area (Å²) < 4.78 is 0. The van der Waals surface area contributed by atoms with Crippen molar-refractivity contribution >= 4 is 0 Å². The number of aryl methyl sites for hydroxylation is 2. The lowest BCUT2D eigenvalue weighted by Crippen LogP contribution is -2.33. The highest BCUT2D eigenvalue weighted by Gasteiger charge is 2.26. The average Bonchev–Trinajstić information content (AvgIpc) is 2.33. The lowest BCUT2D eigenvalue weighted by Gasteiger charge is -2.32. The molecule has 0 atom stereocenters. The fraction of sp³-hybridized carbons (Fsp3) is 0.625. The summed E-state index contributed by atoms with van der Waals surface area (Å²) >= 11 is 0. The van der Waals surface area contributed by atoms with E-state index in [1.165, 1.54) is 36.0 Å². The van der Waals surface area contributed by atoms with Crippen LogP contribution >= 0.6 is 0 Å². The van der Waals surface area contributed by atoms with Gasteiger partial charge in [0.2, 0.25) is 0 Å². The maximum atomic E-state index is 3.36. The Morgan fingerprint density at radius 2 is 1.76 bits per heavy atom. The van der Waals surface area contributed by atoms with Gasteiger partial charge >= 0.3 is 0 Å². The molecule has 0 aromatic heterocycles. The van der Waals surface area contributed by atoms with Gasteiger partial charge in [0.25, 0.3) is 0 Å². The Balaban J connectivity index is 2.96. The Morgan fingerprint density at radius 1 is 1.12 bits per heavy atom. The summed E-state index contributed by atoms with van der Waals surface area (Å²) in [5, 5.41) is 3.36. The van der Waals surface area contributed by atoms with E-state index < -0.39 is 0 Å². The lowest BCUT2D eigenvalue weighted by molar-refractivity contribution is 0.252. The van der Waals surface area contributed by atoms with Gasteiger partial charge in [-0.1, -0.05) is 37.6 Å². The quantitative estimate of drug-likeness (QED) is 0.786. The van der Waals surface area contributed by atoms with Gasteiger partial charge in [0.05, 0.1) is 0 Å². The summed E-state index contributed by atoms with van der Waals surface area (Å²) in [6.45, 7) is 10.1. The van der Waals surface area contributed by atoms with Crippen LogP contribution in [-0.4, -0.2) is 13.6 Å². The Labute approximate surface area is 107 Å². The highest BCUT2D eigenvalue weighted by molar-refractivity contribution is 5.31. The van der Waals surface area contributed by atoms with Crippen LogP contribution in [0.5, 0.6) is 0 Å². The Bertz CT molecular complexity index is 351. The standard InChI is InChI=1S/C16H27N/c1-6-16(7-2,12-17-5)11-15-10-13(3)8-9-14(15)4/h8-10,17H,6-7,11-12H2,1-5H3. The molecular weight excluding hydrogens is 206 g/mol. The van der Waals surface area contributed by atoms with Crippen LogP contribution in [0.25, 0.3) is 0 Å². The minimum Gasteiger partial charge on any atom is -0.319 e. The molecule has 0 aliphatic heterocycles. The molecule has 0 spiro atoms. The van der Waals surface area contributed by atoms with E-state index in [9.17, 15) is 0 Å². The van der Waals surface area contributed by atoms with Crippen molar-refractivity contribution in [3.05, 3.63) is 34.9 Å². The topological polar surface area (TPSA) is 12.0 Å². The van der Waals surface area contributed by atoms with E-state index >= 15 is 0 Å². The van der Waals surface area contributed by atoms with Gasteiger partial charge in [-0.2, -0.15) is 0 Å². The van der Waals surface area contributed by atoms with Crippen LogP contribution in [0.4, 0.5) is 0 Å². The number of rotatable bonds is 6. The van der Waals surface area contributed by atoms with Crippen molar-refractivity contribution < 1.29 is 0 Å². The molecule has 1 aromatic carbocycles. The van der Waals surface area contributed by atoms with E-state index in [1.54, 1.807) is 0 Å². The molecule has 17 heavy (non-hydrogen) atoms. The second-order valence-corrected chi connectivity index (χ2v) is 5.34. The molecule has 0 amide bonds. The van der Waals surface area contributed by atoms with E-state index in [4.69, 9.17) is 0 Å². The largest absolute Gasteiger partial charge is 0.319 e. The highest BCUT2D eigenvalue weighted by Crippen LogP contribution is 2.31. The molecular formula is C16H27N. The third-order valence-electron chi connectivity index (χ3n) is 4.12. The van der Waals surface area contributed by atoms with Crippen LogP contribution in [0.3, 0.4) is 0 Å². The van der Waals surface area contributed by atoms with Crippen molar-refractivity contribution in [2.45, 2.75) is 47.0 Å². The number of nitrogens with one attached hydrogen (secondary N) is 1. The number of benzene rings is 1. The molecule has 0 fully saturated rings. The van der Waals surface area contributed by atoms with Crippen LogP contribution < -0.4 is 5.32 Å². The molecule has 0 saturated carbocycles. The van der Waals surface area contributed by atoms with E-state index in [2.05, 4.69) is 58.3 Å². The number of hydrogen-bond donors (Lipinski definition) is 1. The van der Waals surface area contributed by atoms with Crippen molar-refractivity contribution in [3.8, 4) is 0 Å². The van der Waals surface area contributed by atoms with E-state index in [-0.39, 0.29) is 0 Å². The first-order chi connectivity index (χ1) is 8.06. The molecule has 0 radical (unpaired) electrons. The molecule has 96 valence electrons. The van der Waals surface area contributed by atoms with Crippen LogP contribution in [0.1, 0.15) is 43.4 Å². The molecule has 0 bridgehead atoms. The summed E-state index contributed by atoms with van der Waals surface area (Å²) in [6, 6.07) is 6.81. The SMILES string of the molecule is CCC(CC)(CNC)Cc1cc(C)ccc1C. The highest BCUT2D eigenvalue weighted by atomic mass is 14.8. The third kappa shape index (κ3) is 3.57. The second kappa shape index (κ2) is 6.20. The van der Waals surface area contributed by atoms with Gasteiger partial charge in [0, 0.05) is 6.54 Å². The Kier molecular flexibility index (Phi) is 5.20. The lowest BCUT2D eigenvalue weighted by atomic mass is 9.76. The van der Waals surface area contributed by atoms with E-state index in [0.717, 1.165) is 6.54 Å². The average molecular weight is 233 g/mol. The van der Waals surface area contributed by atoms with Crippen LogP contribution in [0.15, 0.2) is 18.2 Å². The fourth-order valence-electron chi connectivity index (χ4n) is 2.58. The zero-order valence-electron chi connectivity index (χ0n) is 12.1. The Morgan fingerprint density at radius 3 is 2.29 bits per heavy atom. The minimum absolute atomic E-state index is 0.410. The molecule has 0 heterocycles. The van der Waals surface area contributed by atoms with Gasteiger partial charge in [-0.3, -0.25) is 0 Å². The first kappa shape index (κ1) is 14.2. The minimum atomic E-state index is 0.410. The van der Waals surface area contributed by atoms with Crippen molar-refractivity contribution in [1.82, 2.24) is 5.32 Å². The summed E-state index contributed by atoms with van der Waals surface area (Å²) in [4.78, 5) is 0. The Hall–Kier alpha value is -0.820. The van der Waals surface area contributed by atoms with Gasteiger partial charge < -0.3 is 5.32 Å². The van der Waals surface area contributed by atoms with E-state index in [1.807, 2.05) is 0 Å². The normalized spacial score (nSPS) is 11.8. The van der Waals surface area contributed by atoms with Gasteiger partial charge in [0.1, 0.15) is 0 Å². The van der Waals surface area contributed by atoms with Gasteiger partial charge in [-0.25, -0.2) is 0 Å². The predicted octanol–water partition coefficient (Wildman–Crippen LogP) is 3.87. The molecule has 1 N–H and O–H groups in total. The summed E-state index contributed by atoms with van der Waals surface area (Å²) in [5.74, 6) is 0. The predicted molar refractivity (Wildman–Crippen MR) is 76.6 cm³/mol. The summed E-state index contributed by atoms with van der Waals surface area (Å²) in [7, 11) is 2.06. The molecule has 0 unspecified atom stereocenters. The van der Waals surface area contributed by atoms with Crippen LogP contribution in [0, 0.1) is 19.3 Å². The molecule has 0 aliphatic rings. The van der Waals surface area contributed by atoms with Crippen LogP contribution in [-0.2, 0) is 6.42 Å². The van der Waals surface area contributed by atoms with Gasteiger partial charge in [0.15, 0.2) is 0 Å². The number of hydrogen-bond acceptors (Lipinski definition) is 1.